The Bertz CT molecular complexity index is 684. The zero-order chi connectivity index (χ0) is 15.4. The fourth-order valence-electron chi connectivity index (χ4n) is 1.70. The van der Waals surface area contributed by atoms with Gasteiger partial charge in [0.25, 0.3) is 0 Å². The largest absolute Gasteiger partial charge is 0.481 e. The van der Waals surface area contributed by atoms with E-state index in [1.165, 1.54) is 18.2 Å². The number of hydrogen-bond acceptors (Lipinski definition) is 4. The van der Waals surface area contributed by atoms with E-state index < -0.39 is 22.4 Å². The molecule has 0 aliphatic carbocycles. The van der Waals surface area contributed by atoms with E-state index in [0.717, 1.165) is 12.1 Å². The van der Waals surface area contributed by atoms with Crippen molar-refractivity contribution in [2.75, 3.05) is 0 Å². The molecule has 0 spiro atoms. The van der Waals surface area contributed by atoms with Crippen molar-refractivity contribution in [2.45, 2.75) is 6.42 Å². The predicted octanol–water partition coefficient (Wildman–Crippen LogP) is 3.15. The molecule has 0 unspecified atom stereocenters. The van der Waals surface area contributed by atoms with Crippen molar-refractivity contribution in [1.82, 2.24) is 0 Å². The quantitative estimate of drug-likeness (QED) is 0.675. The van der Waals surface area contributed by atoms with Crippen molar-refractivity contribution in [3.63, 3.8) is 0 Å². The van der Waals surface area contributed by atoms with Gasteiger partial charge in [0.05, 0.1) is 17.4 Å². The van der Waals surface area contributed by atoms with E-state index in [1.54, 1.807) is 12.1 Å². The van der Waals surface area contributed by atoms with Crippen LogP contribution in [0.25, 0.3) is 0 Å². The highest BCUT2D eigenvalue weighted by molar-refractivity contribution is 5.70. The highest BCUT2D eigenvalue weighted by atomic mass is 19.1. The van der Waals surface area contributed by atoms with Gasteiger partial charge in [0.15, 0.2) is 0 Å². The fourth-order valence-corrected chi connectivity index (χ4v) is 1.70. The molecule has 0 aromatic heterocycles. The molecular weight excluding hydrogens is 281 g/mol. The van der Waals surface area contributed by atoms with Crippen LogP contribution >= 0.6 is 0 Å². The maximum atomic E-state index is 13.0. The van der Waals surface area contributed by atoms with Gasteiger partial charge < -0.3 is 9.84 Å². The van der Waals surface area contributed by atoms with Crippen LogP contribution in [-0.2, 0) is 11.2 Å². The van der Waals surface area contributed by atoms with Crippen LogP contribution in [0, 0.1) is 15.9 Å². The molecule has 0 saturated carbocycles. The maximum absolute atomic E-state index is 13.0. The number of halogens is 1. The van der Waals surface area contributed by atoms with E-state index in [9.17, 15) is 19.3 Å². The molecule has 0 aliphatic heterocycles. The molecular formula is C14H10FNO5. The molecule has 7 heteroatoms. The van der Waals surface area contributed by atoms with Gasteiger partial charge in [-0.1, -0.05) is 12.1 Å². The summed E-state index contributed by atoms with van der Waals surface area (Å²) in [6.07, 6.45) is -0.128. The summed E-state index contributed by atoms with van der Waals surface area (Å²) in [6, 6.07) is 9.06. The summed E-state index contributed by atoms with van der Waals surface area (Å²) in [5.41, 5.74) is 0.0908. The number of aliphatic carboxylic acids is 1. The van der Waals surface area contributed by atoms with E-state index in [-0.39, 0.29) is 12.2 Å². The first-order chi connectivity index (χ1) is 9.95. The molecule has 6 nitrogen and oxygen atoms in total. The van der Waals surface area contributed by atoms with E-state index in [1.807, 2.05) is 0 Å². The molecule has 0 heterocycles. The summed E-state index contributed by atoms with van der Waals surface area (Å²) in [4.78, 5) is 20.6. The number of nitro groups is 1. The second kappa shape index (κ2) is 6.00. The summed E-state index contributed by atoms with van der Waals surface area (Å²) < 4.78 is 18.3. The van der Waals surface area contributed by atoms with Gasteiger partial charge in [-0.05, 0) is 29.8 Å². The molecule has 0 amide bonds. The predicted molar refractivity (Wildman–Crippen MR) is 70.9 cm³/mol. The Labute approximate surface area is 118 Å². The molecule has 21 heavy (non-hydrogen) atoms. The Morgan fingerprint density at radius 2 is 1.90 bits per heavy atom. The number of nitrogens with zero attached hydrogens (tertiary/aromatic N) is 1. The first kappa shape index (κ1) is 14.4. The lowest BCUT2D eigenvalue weighted by Gasteiger charge is -2.07. The summed E-state index contributed by atoms with van der Waals surface area (Å²) in [7, 11) is 0. The maximum Gasteiger partial charge on any atom is 0.314 e. The number of ether oxygens (including phenoxy) is 1. The van der Waals surface area contributed by atoms with Crippen molar-refractivity contribution in [3.05, 3.63) is 64.0 Å². The zero-order valence-corrected chi connectivity index (χ0v) is 10.7. The Morgan fingerprint density at radius 3 is 2.48 bits per heavy atom. The smallest absolute Gasteiger partial charge is 0.314 e. The SMILES string of the molecule is O=C(O)Cc1ccc(Oc2ccc(F)cc2[N+](=O)[O-])cc1. The molecule has 0 fully saturated rings. The molecule has 0 bridgehead atoms. The molecule has 0 aliphatic rings. The molecule has 2 aromatic carbocycles. The molecule has 1 N–H and O–H groups in total. The Balaban J connectivity index is 2.22. The van der Waals surface area contributed by atoms with Crippen LogP contribution in [0.2, 0.25) is 0 Å². The van der Waals surface area contributed by atoms with E-state index in [2.05, 4.69) is 0 Å². The summed E-state index contributed by atoms with van der Waals surface area (Å²) >= 11 is 0. The summed E-state index contributed by atoms with van der Waals surface area (Å²) in [5.74, 6) is -1.49. The number of carboxylic acid groups (broad SMARTS) is 1. The lowest BCUT2D eigenvalue weighted by Crippen LogP contribution is -1.99. The van der Waals surface area contributed by atoms with Gasteiger partial charge in [-0.15, -0.1) is 0 Å². The van der Waals surface area contributed by atoms with Crippen LogP contribution in [0.1, 0.15) is 5.56 Å². The first-order valence-electron chi connectivity index (χ1n) is 5.88. The van der Waals surface area contributed by atoms with Crippen molar-refractivity contribution in [2.24, 2.45) is 0 Å². The monoisotopic (exact) mass is 291 g/mol. The summed E-state index contributed by atoms with van der Waals surface area (Å²) in [5, 5.41) is 19.5. The second-order valence-corrected chi connectivity index (χ2v) is 4.19. The highest BCUT2D eigenvalue weighted by Gasteiger charge is 2.17. The third-order valence-electron chi connectivity index (χ3n) is 2.62. The van der Waals surface area contributed by atoms with E-state index >= 15 is 0 Å². The number of benzene rings is 2. The summed E-state index contributed by atoms with van der Waals surface area (Å²) in [6.45, 7) is 0. The zero-order valence-electron chi connectivity index (χ0n) is 10.7. The number of carboxylic acids is 1. The van der Waals surface area contributed by atoms with Gasteiger partial charge in [-0.2, -0.15) is 0 Å². The normalized spacial score (nSPS) is 10.1. The van der Waals surface area contributed by atoms with Gasteiger partial charge in [-0.25, -0.2) is 4.39 Å². The Morgan fingerprint density at radius 1 is 1.24 bits per heavy atom. The molecule has 2 aromatic rings. The van der Waals surface area contributed by atoms with Gasteiger partial charge >= 0.3 is 11.7 Å². The molecule has 0 saturated heterocycles. The van der Waals surface area contributed by atoms with Gasteiger partial charge in [0.1, 0.15) is 11.6 Å². The van der Waals surface area contributed by atoms with E-state index in [4.69, 9.17) is 9.84 Å². The minimum absolute atomic E-state index is 0.0904. The third kappa shape index (κ3) is 3.75. The molecule has 2 rings (SSSR count). The third-order valence-corrected chi connectivity index (χ3v) is 2.62. The second-order valence-electron chi connectivity index (χ2n) is 4.19. The van der Waals surface area contributed by atoms with Crippen LogP contribution in [0.5, 0.6) is 11.5 Å². The molecule has 108 valence electrons. The minimum Gasteiger partial charge on any atom is -0.481 e. The fraction of sp³-hybridized carbons (Fsp3) is 0.0714. The highest BCUT2D eigenvalue weighted by Crippen LogP contribution is 2.31. The van der Waals surface area contributed by atoms with Crippen LogP contribution < -0.4 is 4.74 Å². The number of rotatable bonds is 5. The lowest BCUT2D eigenvalue weighted by atomic mass is 10.1. The van der Waals surface area contributed by atoms with E-state index in [0.29, 0.717) is 11.3 Å². The number of hydrogen-bond donors (Lipinski definition) is 1. The van der Waals surface area contributed by atoms with Gasteiger partial charge in [0.2, 0.25) is 5.75 Å². The van der Waals surface area contributed by atoms with Crippen LogP contribution in [-0.4, -0.2) is 16.0 Å². The van der Waals surface area contributed by atoms with Crippen molar-refractivity contribution >= 4 is 11.7 Å². The van der Waals surface area contributed by atoms with Gasteiger partial charge in [0, 0.05) is 0 Å². The Hall–Kier alpha value is -2.96. The Kier molecular flexibility index (Phi) is 4.13. The van der Waals surface area contributed by atoms with Crippen LogP contribution in [0.15, 0.2) is 42.5 Å². The number of nitro benzene ring substituents is 1. The van der Waals surface area contributed by atoms with Crippen molar-refractivity contribution < 1.29 is 24.0 Å². The lowest BCUT2D eigenvalue weighted by molar-refractivity contribution is -0.385. The average Bonchev–Trinajstić information content (AvgIpc) is 2.42. The van der Waals surface area contributed by atoms with Crippen LogP contribution in [0.3, 0.4) is 0 Å². The van der Waals surface area contributed by atoms with Crippen molar-refractivity contribution in [1.29, 1.82) is 0 Å². The standard InChI is InChI=1S/C14H10FNO5/c15-10-3-6-13(12(8-10)16(19)20)21-11-4-1-9(2-5-11)7-14(17)18/h1-6,8H,7H2,(H,17,18). The minimum atomic E-state index is -0.960. The molecule has 0 atom stereocenters. The van der Waals surface area contributed by atoms with Crippen molar-refractivity contribution in [3.8, 4) is 11.5 Å². The topological polar surface area (TPSA) is 89.7 Å². The van der Waals surface area contributed by atoms with Gasteiger partial charge in [-0.3, -0.25) is 14.9 Å². The average molecular weight is 291 g/mol. The molecule has 0 radical (unpaired) electrons. The van der Waals surface area contributed by atoms with Crippen LogP contribution in [0.4, 0.5) is 10.1 Å². The number of carbonyl (C=O) groups is 1. The first-order valence-corrected chi connectivity index (χ1v) is 5.88.